The number of methoxy groups -OCH3 is 1. The van der Waals surface area contributed by atoms with Gasteiger partial charge in [-0.3, -0.25) is 4.79 Å². The van der Waals surface area contributed by atoms with Gasteiger partial charge in [0.2, 0.25) is 5.91 Å². The Morgan fingerprint density at radius 2 is 1.67 bits per heavy atom. The van der Waals surface area contributed by atoms with E-state index < -0.39 is 0 Å². The predicted octanol–water partition coefficient (Wildman–Crippen LogP) is 3.68. The summed E-state index contributed by atoms with van der Waals surface area (Å²) >= 11 is 7.38. The van der Waals surface area contributed by atoms with Crippen LogP contribution in [0.15, 0.2) is 48.5 Å². The zero-order valence-electron chi connectivity index (χ0n) is 13.3. The van der Waals surface area contributed by atoms with E-state index in [4.69, 9.17) is 11.6 Å². The molecule has 1 N–H and O–H groups in total. The quantitative estimate of drug-likeness (QED) is 0.762. The molecule has 24 heavy (non-hydrogen) atoms. The summed E-state index contributed by atoms with van der Waals surface area (Å²) in [6.07, 6.45) is 0. The van der Waals surface area contributed by atoms with Crippen molar-refractivity contribution in [3.8, 4) is 0 Å². The van der Waals surface area contributed by atoms with Crippen molar-refractivity contribution in [1.82, 2.24) is 5.32 Å². The Bertz CT molecular complexity index is 686. The Kier molecular flexibility index (Phi) is 7.15. The number of ether oxygens (including phenoxy) is 1. The first-order valence-electron chi connectivity index (χ1n) is 7.34. The lowest BCUT2D eigenvalue weighted by atomic mass is 10.1. The van der Waals surface area contributed by atoms with Gasteiger partial charge in [0, 0.05) is 17.3 Å². The molecule has 0 aromatic heterocycles. The topological polar surface area (TPSA) is 55.4 Å². The molecule has 0 aliphatic heterocycles. The van der Waals surface area contributed by atoms with Gasteiger partial charge in [0.25, 0.3) is 0 Å². The Morgan fingerprint density at radius 1 is 1.04 bits per heavy atom. The second-order valence-electron chi connectivity index (χ2n) is 5.08. The largest absolute Gasteiger partial charge is 0.465 e. The van der Waals surface area contributed by atoms with E-state index in [2.05, 4.69) is 10.1 Å². The highest BCUT2D eigenvalue weighted by Crippen LogP contribution is 2.15. The number of amides is 1. The van der Waals surface area contributed by atoms with Crippen LogP contribution in [0.3, 0.4) is 0 Å². The molecule has 0 bridgehead atoms. The average Bonchev–Trinajstić information content (AvgIpc) is 2.61. The van der Waals surface area contributed by atoms with Crippen molar-refractivity contribution in [1.29, 1.82) is 0 Å². The number of esters is 1. The minimum absolute atomic E-state index is 0.0222. The summed E-state index contributed by atoms with van der Waals surface area (Å²) in [4.78, 5) is 23.2. The van der Waals surface area contributed by atoms with Crippen LogP contribution in [-0.2, 0) is 21.8 Å². The van der Waals surface area contributed by atoms with Crippen LogP contribution in [0.1, 0.15) is 21.5 Å². The number of carbonyl (C=O) groups is 2. The minimum Gasteiger partial charge on any atom is -0.465 e. The second kappa shape index (κ2) is 9.35. The summed E-state index contributed by atoms with van der Waals surface area (Å²) in [5.74, 6) is 0.761. The third-order valence-electron chi connectivity index (χ3n) is 3.28. The highest BCUT2D eigenvalue weighted by molar-refractivity contribution is 7.99. The van der Waals surface area contributed by atoms with Crippen molar-refractivity contribution >= 4 is 35.2 Å². The Morgan fingerprint density at radius 3 is 2.29 bits per heavy atom. The number of benzene rings is 2. The van der Waals surface area contributed by atoms with Gasteiger partial charge in [0.1, 0.15) is 0 Å². The van der Waals surface area contributed by atoms with Crippen LogP contribution >= 0.6 is 23.4 Å². The van der Waals surface area contributed by atoms with Gasteiger partial charge in [-0.1, -0.05) is 35.9 Å². The van der Waals surface area contributed by atoms with Crippen LogP contribution in [-0.4, -0.2) is 24.7 Å². The summed E-state index contributed by atoms with van der Waals surface area (Å²) in [7, 11) is 1.35. The number of carbonyl (C=O) groups excluding carboxylic acids is 2. The van der Waals surface area contributed by atoms with Crippen LogP contribution in [0.2, 0.25) is 5.02 Å². The van der Waals surface area contributed by atoms with Gasteiger partial charge in [0.15, 0.2) is 0 Å². The van der Waals surface area contributed by atoms with Crippen molar-refractivity contribution in [2.75, 3.05) is 12.9 Å². The molecule has 0 radical (unpaired) electrons. The fourth-order valence-electron chi connectivity index (χ4n) is 1.97. The number of hydrogen-bond donors (Lipinski definition) is 1. The summed E-state index contributed by atoms with van der Waals surface area (Å²) in [5, 5.41) is 3.57. The smallest absolute Gasteiger partial charge is 0.337 e. The molecular weight excluding hydrogens is 346 g/mol. The van der Waals surface area contributed by atoms with Crippen LogP contribution in [0.4, 0.5) is 0 Å². The molecule has 0 unspecified atom stereocenters. The van der Waals surface area contributed by atoms with E-state index >= 15 is 0 Å². The molecule has 0 fully saturated rings. The van der Waals surface area contributed by atoms with Crippen LogP contribution in [0, 0.1) is 0 Å². The van der Waals surface area contributed by atoms with E-state index in [9.17, 15) is 9.59 Å². The summed E-state index contributed by atoms with van der Waals surface area (Å²) < 4.78 is 4.64. The monoisotopic (exact) mass is 363 g/mol. The molecule has 0 saturated carbocycles. The highest BCUT2D eigenvalue weighted by atomic mass is 35.5. The van der Waals surface area contributed by atoms with Gasteiger partial charge < -0.3 is 10.1 Å². The van der Waals surface area contributed by atoms with E-state index in [0.717, 1.165) is 16.9 Å². The van der Waals surface area contributed by atoms with E-state index in [0.29, 0.717) is 22.9 Å². The molecule has 0 aliphatic carbocycles. The van der Waals surface area contributed by atoms with Gasteiger partial charge in [-0.2, -0.15) is 0 Å². The van der Waals surface area contributed by atoms with E-state index in [1.54, 1.807) is 36.0 Å². The van der Waals surface area contributed by atoms with Crippen molar-refractivity contribution in [3.63, 3.8) is 0 Å². The Labute approximate surface area is 150 Å². The first kappa shape index (κ1) is 18.4. The zero-order valence-corrected chi connectivity index (χ0v) is 14.8. The lowest BCUT2D eigenvalue weighted by Gasteiger charge is -2.06. The van der Waals surface area contributed by atoms with E-state index in [-0.39, 0.29) is 11.9 Å². The molecule has 0 atom stereocenters. The lowest BCUT2D eigenvalue weighted by Crippen LogP contribution is -2.24. The maximum absolute atomic E-state index is 11.9. The fraction of sp³-hybridized carbons (Fsp3) is 0.222. The van der Waals surface area contributed by atoms with Gasteiger partial charge in [-0.25, -0.2) is 4.79 Å². The number of thioether (sulfide) groups is 1. The summed E-state index contributed by atoms with van der Waals surface area (Å²) in [5.41, 5.74) is 2.56. The molecule has 0 spiro atoms. The van der Waals surface area contributed by atoms with E-state index in [1.807, 2.05) is 24.3 Å². The molecule has 0 heterocycles. The molecule has 126 valence electrons. The van der Waals surface area contributed by atoms with Crippen LogP contribution < -0.4 is 5.32 Å². The maximum atomic E-state index is 11.9. The molecule has 6 heteroatoms. The molecular formula is C18H18ClNO3S. The lowest BCUT2D eigenvalue weighted by molar-refractivity contribution is -0.118. The first-order valence-corrected chi connectivity index (χ1v) is 8.88. The SMILES string of the molecule is COC(=O)c1ccc(CNC(=O)CSCc2ccc(Cl)cc2)cc1. The van der Waals surface area contributed by atoms with Gasteiger partial charge in [0.05, 0.1) is 18.4 Å². The number of rotatable bonds is 7. The van der Waals surface area contributed by atoms with Crippen molar-refractivity contribution in [3.05, 3.63) is 70.2 Å². The highest BCUT2D eigenvalue weighted by Gasteiger charge is 2.06. The van der Waals surface area contributed by atoms with Crippen LogP contribution in [0.5, 0.6) is 0 Å². The predicted molar refractivity (Wildman–Crippen MR) is 97.2 cm³/mol. The molecule has 2 rings (SSSR count). The molecule has 4 nitrogen and oxygen atoms in total. The fourth-order valence-corrected chi connectivity index (χ4v) is 2.91. The van der Waals surface area contributed by atoms with Crippen molar-refractivity contribution in [2.24, 2.45) is 0 Å². The van der Waals surface area contributed by atoms with E-state index in [1.165, 1.54) is 7.11 Å². The summed E-state index contributed by atoms with van der Waals surface area (Å²) in [6.45, 7) is 0.432. The standard InChI is InChI=1S/C18H18ClNO3S/c1-23-18(22)15-6-2-13(3-7-15)10-20-17(21)12-24-11-14-4-8-16(19)9-5-14/h2-9H,10-12H2,1H3,(H,20,21). The molecule has 2 aromatic rings. The third kappa shape index (κ3) is 5.91. The first-order chi connectivity index (χ1) is 11.6. The Hall–Kier alpha value is -1.98. The van der Waals surface area contributed by atoms with Crippen molar-refractivity contribution in [2.45, 2.75) is 12.3 Å². The average molecular weight is 364 g/mol. The van der Waals surface area contributed by atoms with Crippen molar-refractivity contribution < 1.29 is 14.3 Å². The zero-order chi connectivity index (χ0) is 17.4. The number of halogens is 1. The van der Waals surface area contributed by atoms with Gasteiger partial charge in [-0.05, 0) is 35.4 Å². The van der Waals surface area contributed by atoms with Gasteiger partial charge in [-0.15, -0.1) is 11.8 Å². The molecule has 0 saturated heterocycles. The molecule has 2 aromatic carbocycles. The van der Waals surface area contributed by atoms with Gasteiger partial charge >= 0.3 is 5.97 Å². The Balaban J connectivity index is 1.71. The number of hydrogen-bond acceptors (Lipinski definition) is 4. The summed E-state index contributed by atoms with van der Waals surface area (Å²) in [6, 6.07) is 14.6. The second-order valence-corrected chi connectivity index (χ2v) is 6.51. The normalized spacial score (nSPS) is 10.2. The molecule has 1 amide bonds. The van der Waals surface area contributed by atoms with Crippen LogP contribution in [0.25, 0.3) is 0 Å². The third-order valence-corrected chi connectivity index (χ3v) is 4.54. The maximum Gasteiger partial charge on any atom is 0.337 e. The minimum atomic E-state index is -0.371. The number of nitrogens with one attached hydrogen (secondary N) is 1. The molecule has 0 aliphatic rings.